The third kappa shape index (κ3) is 5.19. The number of methoxy groups -OCH3 is 1. The Morgan fingerprint density at radius 2 is 2.00 bits per heavy atom. The molecule has 1 aliphatic rings. The standard InChI is InChI=1S/C17H24F3NO2/c1-13(21-12-16(22-2)6-8-23-9-7-16)10-14-4-3-5-15(11-14)17(18,19)20/h3-5,11,13,21H,6-10,12H2,1-2H3/t13-/m0/s1. The fourth-order valence-electron chi connectivity index (χ4n) is 2.86. The fraction of sp³-hybridized carbons (Fsp3) is 0.647. The first-order chi connectivity index (χ1) is 10.8. The minimum Gasteiger partial charge on any atom is -0.381 e. The van der Waals surface area contributed by atoms with Gasteiger partial charge in [0.05, 0.1) is 11.2 Å². The molecule has 0 aliphatic carbocycles. The van der Waals surface area contributed by atoms with Crippen LogP contribution in [0.25, 0.3) is 0 Å². The van der Waals surface area contributed by atoms with Crippen molar-refractivity contribution in [3.05, 3.63) is 35.4 Å². The monoisotopic (exact) mass is 331 g/mol. The van der Waals surface area contributed by atoms with Crippen LogP contribution in [0.3, 0.4) is 0 Å². The van der Waals surface area contributed by atoms with Crippen LogP contribution >= 0.6 is 0 Å². The zero-order valence-electron chi connectivity index (χ0n) is 13.6. The molecule has 1 aromatic carbocycles. The molecule has 23 heavy (non-hydrogen) atoms. The van der Waals surface area contributed by atoms with Crippen LogP contribution < -0.4 is 5.32 Å². The van der Waals surface area contributed by atoms with Crippen molar-refractivity contribution in [2.24, 2.45) is 0 Å². The summed E-state index contributed by atoms with van der Waals surface area (Å²) >= 11 is 0. The van der Waals surface area contributed by atoms with E-state index in [2.05, 4.69) is 5.32 Å². The Hall–Kier alpha value is -1.11. The van der Waals surface area contributed by atoms with Crippen LogP contribution in [0.5, 0.6) is 0 Å². The molecule has 0 unspecified atom stereocenters. The molecule has 0 aromatic heterocycles. The lowest BCUT2D eigenvalue weighted by Crippen LogP contribution is -2.49. The lowest BCUT2D eigenvalue weighted by molar-refractivity contribution is -0.137. The maximum atomic E-state index is 12.7. The van der Waals surface area contributed by atoms with Gasteiger partial charge in [-0.05, 0) is 25.0 Å². The number of benzene rings is 1. The van der Waals surface area contributed by atoms with Gasteiger partial charge in [-0.1, -0.05) is 18.2 Å². The van der Waals surface area contributed by atoms with Crippen LogP contribution in [0.15, 0.2) is 24.3 Å². The van der Waals surface area contributed by atoms with Gasteiger partial charge in [0.1, 0.15) is 0 Å². The topological polar surface area (TPSA) is 30.5 Å². The van der Waals surface area contributed by atoms with Crippen molar-refractivity contribution >= 4 is 0 Å². The summed E-state index contributed by atoms with van der Waals surface area (Å²) in [7, 11) is 1.70. The largest absolute Gasteiger partial charge is 0.416 e. The number of halogens is 3. The average molecular weight is 331 g/mol. The van der Waals surface area contributed by atoms with Gasteiger partial charge in [-0.15, -0.1) is 0 Å². The van der Waals surface area contributed by atoms with E-state index < -0.39 is 11.7 Å². The van der Waals surface area contributed by atoms with Gasteiger partial charge in [-0.3, -0.25) is 0 Å². The van der Waals surface area contributed by atoms with E-state index in [1.807, 2.05) is 6.92 Å². The van der Waals surface area contributed by atoms with Crippen molar-refractivity contribution in [2.75, 3.05) is 26.9 Å². The number of alkyl halides is 3. The van der Waals surface area contributed by atoms with Crippen LogP contribution in [-0.2, 0) is 22.1 Å². The molecule has 1 saturated heterocycles. The molecule has 3 nitrogen and oxygen atoms in total. The Kier molecular flexibility index (Phi) is 6.06. The zero-order chi connectivity index (χ0) is 16.9. The van der Waals surface area contributed by atoms with Crippen molar-refractivity contribution in [1.29, 1.82) is 0 Å². The molecule has 1 fully saturated rings. The summed E-state index contributed by atoms with van der Waals surface area (Å²) in [6.07, 6.45) is -2.10. The van der Waals surface area contributed by atoms with E-state index in [1.165, 1.54) is 12.1 Å². The average Bonchev–Trinajstić information content (AvgIpc) is 2.53. The van der Waals surface area contributed by atoms with Crippen LogP contribution in [0.1, 0.15) is 30.9 Å². The highest BCUT2D eigenvalue weighted by molar-refractivity contribution is 5.26. The first-order valence-electron chi connectivity index (χ1n) is 7.87. The van der Waals surface area contributed by atoms with Crippen molar-refractivity contribution < 1.29 is 22.6 Å². The Morgan fingerprint density at radius 3 is 2.61 bits per heavy atom. The summed E-state index contributed by atoms with van der Waals surface area (Å²) in [4.78, 5) is 0. The minimum atomic E-state index is -4.30. The van der Waals surface area contributed by atoms with Gasteiger partial charge in [-0.2, -0.15) is 13.2 Å². The molecule has 1 aliphatic heterocycles. The predicted octanol–water partition coefficient (Wildman–Crippen LogP) is 3.42. The van der Waals surface area contributed by atoms with Crippen LogP contribution in [0.4, 0.5) is 13.2 Å². The normalized spacial score (nSPS) is 19.5. The number of hydrogen-bond donors (Lipinski definition) is 1. The van der Waals surface area contributed by atoms with E-state index in [0.717, 1.165) is 18.9 Å². The highest BCUT2D eigenvalue weighted by atomic mass is 19.4. The van der Waals surface area contributed by atoms with Crippen molar-refractivity contribution in [3.63, 3.8) is 0 Å². The molecular formula is C17H24F3NO2. The summed E-state index contributed by atoms with van der Waals surface area (Å²) in [6, 6.07) is 5.57. The quantitative estimate of drug-likeness (QED) is 0.866. The second-order valence-electron chi connectivity index (χ2n) is 6.18. The maximum Gasteiger partial charge on any atom is 0.416 e. The van der Waals surface area contributed by atoms with Gasteiger partial charge in [0.2, 0.25) is 0 Å². The van der Waals surface area contributed by atoms with E-state index in [9.17, 15) is 13.2 Å². The molecule has 0 amide bonds. The van der Waals surface area contributed by atoms with Crippen LogP contribution in [0.2, 0.25) is 0 Å². The summed E-state index contributed by atoms with van der Waals surface area (Å²) in [5.41, 5.74) is -0.154. The second-order valence-corrected chi connectivity index (χ2v) is 6.18. The number of hydrogen-bond acceptors (Lipinski definition) is 3. The molecule has 1 heterocycles. The molecule has 130 valence electrons. The third-order valence-corrected chi connectivity index (χ3v) is 4.41. The number of nitrogens with one attached hydrogen (secondary N) is 1. The molecule has 0 spiro atoms. The van der Waals surface area contributed by atoms with E-state index in [-0.39, 0.29) is 11.6 Å². The lowest BCUT2D eigenvalue weighted by Gasteiger charge is -2.37. The SMILES string of the molecule is COC1(CN[C@@H](C)Cc2cccc(C(F)(F)F)c2)CCOCC1. The highest BCUT2D eigenvalue weighted by Gasteiger charge is 2.33. The maximum absolute atomic E-state index is 12.7. The number of ether oxygens (including phenoxy) is 2. The van der Waals surface area contributed by atoms with Gasteiger partial charge in [0.25, 0.3) is 0 Å². The van der Waals surface area contributed by atoms with E-state index in [4.69, 9.17) is 9.47 Å². The molecule has 1 aromatic rings. The van der Waals surface area contributed by atoms with Crippen LogP contribution in [0, 0.1) is 0 Å². The fourth-order valence-corrected chi connectivity index (χ4v) is 2.86. The predicted molar refractivity (Wildman–Crippen MR) is 82.4 cm³/mol. The Bertz CT molecular complexity index is 499. The van der Waals surface area contributed by atoms with Gasteiger partial charge in [0.15, 0.2) is 0 Å². The number of rotatable bonds is 6. The van der Waals surface area contributed by atoms with E-state index in [0.29, 0.717) is 31.7 Å². The molecule has 1 N–H and O–H groups in total. The molecule has 0 radical (unpaired) electrons. The van der Waals surface area contributed by atoms with Gasteiger partial charge in [0, 0.05) is 45.8 Å². The van der Waals surface area contributed by atoms with E-state index in [1.54, 1.807) is 13.2 Å². The summed E-state index contributed by atoms with van der Waals surface area (Å²) < 4.78 is 49.3. The Morgan fingerprint density at radius 1 is 1.30 bits per heavy atom. The van der Waals surface area contributed by atoms with Crippen LogP contribution in [-0.4, -0.2) is 38.5 Å². The van der Waals surface area contributed by atoms with E-state index >= 15 is 0 Å². The smallest absolute Gasteiger partial charge is 0.381 e. The summed E-state index contributed by atoms with van der Waals surface area (Å²) in [6.45, 7) is 4.00. The lowest BCUT2D eigenvalue weighted by atomic mass is 9.93. The molecule has 0 bridgehead atoms. The van der Waals surface area contributed by atoms with Crippen molar-refractivity contribution in [1.82, 2.24) is 5.32 Å². The van der Waals surface area contributed by atoms with Crippen molar-refractivity contribution in [2.45, 2.75) is 44.0 Å². The third-order valence-electron chi connectivity index (χ3n) is 4.41. The highest BCUT2D eigenvalue weighted by Crippen LogP contribution is 2.30. The first kappa shape index (κ1) is 18.2. The molecule has 6 heteroatoms. The van der Waals surface area contributed by atoms with Gasteiger partial charge >= 0.3 is 6.18 Å². The Labute approximate surface area is 135 Å². The first-order valence-corrected chi connectivity index (χ1v) is 7.87. The Balaban J connectivity index is 1.90. The molecule has 0 saturated carbocycles. The van der Waals surface area contributed by atoms with Crippen molar-refractivity contribution in [3.8, 4) is 0 Å². The molecule has 2 rings (SSSR count). The molecule has 1 atom stereocenters. The second kappa shape index (κ2) is 7.64. The summed E-state index contributed by atoms with van der Waals surface area (Å²) in [5, 5.41) is 3.39. The zero-order valence-corrected chi connectivity index (χ0v) is 13.6. The minimum absolute atomic E-state index is 0.0633. The molecular weight excluding hydrogens is 307 g/mol. The van der Waals surface area contributed by atoms with Gasteiger partial charge < -0.3 is 14.8 Å². The van der Waals surface area contributed by atoms with Gasteiger partial charge in [-0.25, -0.2) is 0 Å². The summed E-state index contributed by atoms with van der Waals surface area (Å²) in [5.74, 6) is 0.